The Morgan fingerprint density at radius 2 is 1.74 bits per heavy atom. The molecule has 184 valence electrons. The number of sulfonamides is 2. The van der Waals surface area contributed by atoms with Gasteiger partial charge in [-0.05, 0) is 50.1 Å². The monoisotopic (exact) mass is 509 g/mol. The van der Waals surface area contributed by atoms with E-state index in [0.29, 0.717) is 18.7 Å². The molecular formula is C22H27N3O7S2. The topological polar surface area (TPSA) is 130 Å². The lowest BCUT2D eigenvalue weighted by atomic mass is 10.1. The number of ether oxygens (including phenoxy) is 1. The zero-order valence-corrected chi connectivity index (χ0v) is 20.8. The second kappa shape index (κ2) is 10.1. The fourth-order valence-corrected chi connectivity index (χ4v) is 6.02. The van der Waals surface area contributed by atoms with Crippen LogP contribution in [0.15, 0.2) is 47.4 Å². The molecule has 1 N–H and O–H groups in total. The lowest BCUT2D eigenvalue weighted by Gasteiger charge is -2.23. The lowest BCUT2D eigenvalue weighted by molar-refractivity contribution is -0.114. The van der Waals surface area contributed by atoms with Crippen molar-refractivity contribution < 1.29 is 31.2 Å². The number of anilines is 2. The van der Waals surface area contributed by atoms with Crippen molar-refractivity contribution in [3.05, 3.63) is 48.0 Å². The molecule has 12 heteroatoms. The van der Waals surface area contributed by atoms with Gasteiger partial charge in [0.2, 0.25) is 26.0 Å². The van der Waals surface area contributed by atoms with Crippen LogP contribution in [0.5, 0.6) is 5.75 Å². The predicted molar refractivity (Wildman–Crippen MR) is 128 cm³/mol. The average Bonchev–Trinajstić information content (AvgIpc) is 3.32. The molecule has 0 radical (unpaired) electrons. The molecule has 0 saturated carbocycles. The molecule has 1 amide bonds. The molecule has 1 aliphatic rings. The van der Waals surface area contributed by atoms with E-state index in [4.69, 9.17) is 4.74 Å². The minimum absolute atomic E-state index is 0.000344. The Morgan fingerprint density at radius 3 is 2.32 bits per heavy atom. The van der Waals surface area contributed by atoms with E-state index in [0.717, 1.165) is 23.4 Å². The number of amides is 1. The molecule has 0 aliphatic carbocycles. The van der Waals surface area contributed by atoms with E-state index < -0.39 is 32.5 Å². The fraction of sp³-hybridized carbons (Fsp3) is 0.364. The Kier molecular flexibility index (Phi) is 7.64. The van der Waals surface area contributed by atoms with Crippen LogP contribution in [0.4, 0.5) is 11.4 Å². The quantitative estimate of drug-likeness (QED) is 0.512. The van der Waals surface area contributed by atoms with E-state index in [1.807, 2.05) is 0 Å². The molecule has 1 fully saturated rings. The van der Waals surface area contributed by atoms with Gasteiger partial charge in [0.1, 0.15) is 12.3 Å². The summed E-state index contributed by atoms with van der Waals surface area (Å²) in [7, 11) is -6.24. The van der Waals surface area contributed by atoms with Crippen molar-refractivity contribution in [1.82, 2.24) is 4.31 Å². The van der Waals surface area contributed by atoms with Crippen molar-refractivity contribution in [3.63, 3.8) is 0 Å². The molecule has 1 heterocycles. The summed E-state index contributed by atoms with van der Waals surface area (Å²) in [6, 6.07) is 10.1. The maximum absolute atomic E-state index is 12.9. The number of carbonyl (C=O) groups excluding carboxylic acids is 2. The number of nitrogens with one attached hydrogen (secondary N) is 1. The van der Waals surface area contributed by atoms with Gasteiger partial charge in [0.05, 0.1) is 29.6 Å². The molecule has 3 rings (SSSR count). The Bertz CT molecular complexity index is 1300. The molecule has 34 heavy (non-hydrogen) atoms. The lowest BCUT2D eigenvalue weighted by Crippen LogP contribution is -2.37. The van der Waals surface area contributed by atoms with Crippen LogP contribution < -0.4 is 14.4 Å². The number of rotatable bonds is 9. The van der Waals surface area contributed by atoms with Gasteiger partial charge in [0.25, 0.3) is 0 Å². The van der Waals surface area contributed by atoms with E-state index in [-0.39, 0.29) is 27.8 Å². The van der Waals surface area contributed by atoms with Crippen molar-refractivity contribution in [3.8, 4) is 5.75 Å². The van der Waals surface area contributed by atoms with Crippen LogP contribution >= 0.6 is 0 Å². The molecule has 1 aliphatic heterocycles. The zero-order chi connectivity index (χ0) is 25.1. The van der Waals surface area contributed by atoms with Gasteiger partial charge in [0, 0.05) is 18.7 Å². The normalized spacial score (nSPS) is 14.6. The van der Waals surface area contributed by atoms with E-state index in [2.05, 4.69) is 5.32 Å². The first-order chi connectivity index (χ1) is 15.9. The Balaban J connectivity index is 1.88. The summed E-state index contributed by atoms with van der Waals surface area (Å²) < 4.78 is 58.1. The van der Waals surface area contributed by atoms with Crippen molar-refractivity contribution >= 4 is 43.1 Å². The SMILES string of the molecule is COc1ccc(S(=O)(=O)N2CCCC2)cc1NC(=O)CN(c1cccc(C(C)=O)c1)S(C)(=O)=O. The molecule has 0 spiro atoms. The maximum atomic E-state index is 12.9. The van der Waals surface area contributed by atoms with E-state index in [9.17, 15) is 26.4 Å². The summed E-state index contributed by atoms with van der Waals surface area (Å²) >= 11 is 0. The average molecular weight is 510 g/mol. The predicted octanol–water partition coefficient (Wildman–Crippen LogP) is 2.09. The van der Waals surface area contributed by atoms with Crippen LogP contribution in [-0.4, -0.2) is 65.8 Å². The molecule has 0 unspecified atom stereocenters. The fourth-order valence-electron chi connectivity index (χ4n) is 3.62. The molecule has 2 aromatic rings. The standard InChI is InChI=1S/C22H27N3O7S2/c1-16(26)17-7-6-8-18(13-17)25(33(3,28)29)15-22(27)23-20-14-19(9-10-21(20)32-2)34(30,31)24-11-4-5-12-24/h6-10,13-14H,4-5,11-12,15H2,1-3H3,(H,23,27). The second-order valence-electron chi connectivity index (χ2n) is 7.90. The number of hydrogen-bond donors (Lipinski definition) is 1. The van der Waals surface area contributed by atoms with Gasteiger partial charge in [-0.1, -0.05) is 12.1 Å². The molecule has 1 saturated heterocycles. The Morgan fingerprint density at radius 1 is 1.06 bits per heavy atom. The summed E-state index contributed by atoms with van der Waals surface area (Å²) in [4.78, 5) is 24.5. The van der Waals surface area contributed by atoms with Crippen LogP contribution in [0.1, 0.15) is 30.1 Å². The number of benzene rings is 2. The smallest absolute Gasteiger partial charge is 0.245 e. The van der Waals surface area contributed by atoms with E-state index >= 15 is 0 Å². The van der Waals surface area contributed by atoms with Crippen LogP contribution in [-0.2, 0) is 24.8 Å². The zero-order valence-electron chi connectivity index (χ0n) is 19.1. The highest BCUT2D eigenvalue weighted by Gasteiger charge is 2.28. The van der Waals surface area contributed by atoms with Gasteiger partial charge in [-0.15, -0.1) is 0 Å². The summed E-state index contributed by atoms with van der Waals surface area (Å²) in [6.07, 6.45) is 2.51. The minimum Gasteiger partial charge on any atom is -0.495 e. The summed E-state index contributed by atoms with van der Waals surface area (Å²) in [5.74, 6) is -0.744. The van der Waals surface area contributed by atoms with Gasteiger partial charge < -0.3 is 10.1 Å². The maximum Gasteiger partial charge on any atom is 0.245 e. The third-order valence-electron chi connectivity index (χ3n) is 5.38. The highest BCUT2D eigenvalue weighted by atomic mass is 32.2. The van der Waals surface area contributed by atoms with Crippen molar-refractivity contribution in [2.24, 2.45) is 0 Å². The van der Waals surface area contributed by atoms with Crippen LogP contribution in [0.2, 0.25) is 0 Å². The van der Waals surface area contributed by atoms with Crippen LogP contribution in [0.25, 0.3) is 0 Å². The van der Waals surface area contributed by atoms with Crippen LogP contribution in [0, 0.1) is 0 Å². The molecule has 10 nitrogen and oxygen atoms in total. The molecule has 0 aromatic heterocycles. The van der Waals surface area contributed by atoms with Crippen molar-refractivity contribution in [2.45, 2.75) is 24.7 Å². The molecule has 0 bridgehead atoms. The number of ketones is 1. The molecule has 0 atom stereocenters. The van der Waals surface area contributed by atoms with Gasteiger partial charge in [0.15, 0.2) is 5.78 Å². The van der Waals surface area contributed by atoms with E-state index in [1.54, 1.807) is 6.07 Å². The summed E-state index contributed by atoms with van der Waals surface area (Å²) in [5, 5.41) is 2.55. The highest BCUT2D eigenvalue weighted by molar-refractivity contribution is 7.92. The molecule has 2 aromatic carbocycles. The Hall–Kier alpha value is -2.96. The van der Waals surface area contributed by atoms with Gasteiger partial charge >= 0.3 is 0 Å². The second-order valence-corrected chi connectivity index (χ2v) is 11.7. The number of nitrogens with zero attached hydrogens (tertiary/aromatic N) is 2. The first kappa shape index (κ1) is 25.7. The summed E-state index contributed by atoms with van der Waals surface area (Å²) in [5.41, 5.74) is 0.550. The van der Waals surface area contributed by atoms with Crippen molar-refractivity contribution in [2.75, 3.05) is 42.6 Å². The first-order valence-electron chi connectivity index (χ1n) is 10.5. The van der Waals surface area contributed by atoms with Gasteiger partial charge in [-0.25, -0.2) is 16.8 Å². The first-order valence-corrected chi connectivity index (χ1v) is 13.8. The number of methoxy groups -OCH3 is 1. The largest absolute Gasteiger partial charge is 0.495 e. The third kappa shape index (κ3) is 5.75. The summed E-state index contributed by atoms with van der Waals surface area (Å²) in [6.45, 7) is 1.62. The molecular weight excluding hydrogens is 482 g/mol. The van der Waals surface area contributed by atoms with Gasteiger partial charge in [-0.2, -0.15) is 4.31 Å². The van der Waals surface area contributed by atoms with Gasteiger partial charge in [-0.3, -0.25) is 13.9 Å². The van der Waals surface area contributed by atoms with Crippen molar-refractivity contribution in [1.29, 1.82) is 0 Å². The number of carbonyl (C=O) groups is 2. The number of Topliss-reactive ketones (excluding diaryl/α,β-unsaturated/α-hetero) is 1. The minimum atomic E-state index is -3.88. The van der Waals surface area contributed by atoms with E-state index in [1.165, 1.54) is 54.7 Å². The highest BCUT2D eigenvalue weighted by Crippen LogP contribution is 2.30. The number of hydrogen-bond acceptors (Lipinski definition) is 7. The third-order valence-corrected chi connectivity index (χ3v) is 8.41. The van der Waals surface area contributed by atoms with Crippen LogP contribution in [0.3, 0.4) is 0 Å². The Labute approximate surface area is 199 Å².